The van der Waals surface area contributed by atoms with Gasteiger partial charge in [-0.25, -0.2) is 0 Å². The fourth-order valence-electron chi connectivity index (χ4n) is 2.69. The summed E-state index contributed by atoms with van der Waals surface area (Å²) in [6, 6.07) is 5.92. The van der Waals surface area contributed by atoms with Crippen LogP contribution in [0.4, 0.5) is 0 Å². The van der Waals surface area contributed by atoms with Crippen LogP contribution in [0, 0.1) is 0 Å². The Morgan fingerprint density at radius 2 is 2.06 bits per heavy atom. The number of halogens is 1. The van der Waals surface area contributed by atoms with Crippen LogP contribution in [0.3, 0.4) is 0 Å². The van der Waals surface area contributed by atoms with E-state index in [2.05, 4.69) is 6.07 Å². The van der Waals surface area contributed by atoms with Crippen LogP contribution in [-0.2, 0) is 5.41 Å². The molecule has 2 rings (SSSR count). The van der Waals surface area contributed by atoms with Crippen LogP contribution in [0.2, 0.25) is 5.02 Å². The Balaban J connectivity index is 2.38. The fraction of sp³-hybridized carbons (Fsp3) is 0.538. The highest BCUT2D eigenvalue weighted by molar-refractivity contribution is 6.31. The lowest BCUT2D eigenvalue weighted by Gasteiger charge is -2.29. The summed E-state index contributed by atoms with van der Waals surface area (Å²) in [4.78, 5) is 0. The van der Waals surface area contributed by atoms with E-state index in [0.717, 1.165) is 23.6 Å². The zero-order valence-electron chi connectivity index (χ0n) is 9.63. The molecule has 0 amide bonds. The molecule has 1 aliphatic rings. The van der Waals surface area contributed by atoms with Gasteiger partial charge in [0.1, 0.15) is 5.75 Å². The van der Waals surface area contributed by atoms with Crippen molar-refractivity contribution in [3.05, 3.63) is 28.8 Å². The standard InChI is InChI=1S/C13H18ClNO/c1-16-10-4-5-11(12(14)8-10)13(9-15)6-2-3-7-13/h4-5,8H,2-3,6-7,9,15H2,1H3. The molecule has 0 spiro atoms. The molecule has 0 saturated heterocycles. The molecular weight excluding hydrogens is 222 g/mol. The second kappa shape index (κ2) is 4.64. The summed E-state index contributed by atoms with van der Waals surface area (Å²) < 4.78 is 5.16. The van der Waals surface area contributed by atoms with E-state index in [1.807, 2.05) is 12.1 Å². The number of hydrogen-bond donors (Lipinski definition) is 1. The molecule has 0 heterocycles. The Kier molecular flexibility index (Phi) is 3.41. The summed E-state index contributed by atoms with van der Waals surface area (Å²) in [6.07, 6.45) is 4.80. The minimum absolute atomic E-state index is 0.101. The third-order valence-corrected chi connectivity index (χ3v) is 4.01. The SMILES string of the molecule is COc1ccc(C2(CN)CCCC2)c(Cl)c1. The van der Waals surface area contributed by atoms with Crippen molar-refractivity contribution in [1.29, 1.82) is 0 Å². The van der Waals surface area contributed by atoms with Gasteiger partial charge in [-0.2, -0.15) is 0 Å². The fourth-order valence-corrected chi connectivity index (χ4v) is 3.06. The number of nitrogens with two attached hydrogens (primary N) is 1. The zero-order valence-corrected chi connectivity index (χ0v) is 10.4. The Morgan fingerprint density at radius 1 is 1.38 bits per heavy atom. The summed E-state index contributed by atoms with van der Waals surface area (Å²) >= 11 is 6.32. The zero-order chi connectivity index (χ0) is 11.6. The molecule has 3 heteroatoms. The first-order chi connectivity index (χ1) is 7.72. The Labute approximate surface area is 102 Å². The van der Waals surface area contributed by atoms with E-state index in [9.17, 15) is 0 Å². The Morgan fingerprint density at radius 3 is 2.56 bits per heavy atom. The van der Waals surface area contributed by atoms with Gasteiger partial charge in [0, 0.05) is 17.0 Å². The highest BCUT2D eigenvalue weighted by Crippen LogP contribution is 2.43. The molecular formula is C13H18ClNO. The maximum Gasteiger partial charge on any atom is 0.120 e. The molecule has 1 saturated carbocycles. The average Bonchev–Trinajstić information content (AvgIpc) is 2.78. The predicted octanol–water partition coefficient (Wildman–Crippen LogP) is 3.12. The second-order valence-electron chi connectivity index (χ2n) is 4.54. The lowest BCUT2D eigenvalue weighted by atomic mass is 9.79. The van der Waals surface area contributed by atoms with E-state index >= 15 is 0 Å². The summed E-state index contributed by atoms with van der Waals surface area (Å²) in [6.45, 7) is 0.680. The van der Waals surface area contributed by atoms with Crippen molar-refractivity contribution in [3.8, 4) is 5.75 Å². The summed E-state index contributed by atoms with van der Waals surface area (Å²) in [5, 5.41) is 0.784. The van der Waals surface area contributed by atoms with Gasteiger partial charge in [-0.1, -0.05) is 30.5 Å². The quantitative estimate of drug-likeness (QED) is 0.880. The highest BCUT2D eigenvalue weighted by Gasteiger charge is 2.35. The van der Waals surface area contributed by atoms with Crippen molar-refractivity contribution in [2.45, 2.75) is 31.1 Å². The maximum absolute atomic E-state index is 6.32. The third-order valence-electron chi connectivity index (χ3n) is 3.70. The van der Waals surface area contributed by atoms with Crippen LogP contribution in [0.1, 0.15) is 31.2 Å². The average molecular weight is 240 g/mol. The molecule has 1 aromatic carbocycles. The monoisotopic (exact) mass is 239 g/mol. The summed E-state index contributed by atoms with van der Waals surface area (Å²) in [7, 11) is 1.65. The van der Waals surface area contributed by atoms with Crippen LogP contribution < -0.4 is 10.5 Å². The molecule has 88 valence electrons. The lowest BCUT2D eigenvalue weighted by Crippen LogP contribution is -2.32. The van der Waals surface area contributed by atoms with Crippen molar-refractivity contribution in [3.63, 3.8) is 0 Å². The molecule has 0 aromatic heterocycles. The van der Waals surface area contributed by atoms with Crippen LogP contribution in [-0.4, -0.2) is 13.7 Å². The lowest BCUT2D eigenvalue weighted by molar-refractivity contribution is 0.412. The number of ether oxygens (including phenoxy) is 1. The van der Waals surface area contributed by atoms with E-state index in [1.54, 1.807) is 7.11 Å². The van der Waals surface area contributed by atoms with Gasteiger partial charge in [-0.15, -0.1) is 0 Å². The van der Waals surface area contributed by atoms with Crippen molar-refractivity contribution < 1.29 is 4.74 Å². The Hall–Kier alpha value is -0.730. The van der Waals surface area contributed by atoms with Gasteiger partial charge in [0.05, 0.1) is 7.11 Å². The van der Waals surface area contributed by atoms with Gasteiger partial charge in [-0.3, -0.25) is 0 Å². The van der Waals surface area contributed by atoms with Gasteiger partial charge in [0.25, 0.3) is 0 Å². The van der Waals surface area contributed by atoms with Gasteiger partial charge < -0.3 is 10.5 Å². The minimum atomic E-state index is 0.101. The Bertz CT molecular complexity index is 372. The topological polar surface area (TPSA) is 35.2 Å². The minimum Gasteiger partial charge on any atom is -0.497 e. The smallest absolute Gasteiger partial charge is 0.120 e. The van der Waals surface area contributed by atoms with E-state index in [-0.39, 0.29) is 5.41 Å². The molecule has 0 unspecified atom stereocenters. The van der Waals surface area contributed by atoms with Crippen LogP contribution in [0.5, 0.6) is 5.75 Å². The second-order valence-corrected chi connectivity index (χ2v) is 4.94. The third kappa shape index (κ3) is 1.92. The van der Waals surface area contributed by atoms with Gasteiger partial charge in [0.2, 0.25) is 0 Å². The van der Waals surface area contributed by atoms with Crippen molar-refractivity contribution >= 4 is 11.6 Å². The van der Waals surface area contributed by atoms with E-state index < -0.39 is 0 Å². The largest absolute Gasteiger partial charge is 0.497 e. The van der Waals surface area contributed by atoms with Crippen LogP contribution in [0.15, 0.2) is 18.2 Å². The predicted molar refractivity (Wildman–Crippen MR) is 67.2 cm³/mol. The molecule has 2 nitrogen and oxygen atoms in total. The molecule has 1 aliphatic carbocycles. The van der Waals surface area contributed by atoms with Gasteiger partial charge in [0.15, 0.2) is 0 Å². The van der Waals surface area contributed by atoms with Gasteiger partial charge in [-0.05, 0) is 30.5 Å². The highest BCUT2D eigenvalue weighted by atomic mass is 35.5. The van der Waals surface area contributed by atoms with E-state index in [4.69, 9.17) is 22.1 Å². The molecule has 0 bridgehead atoms. The first-order valence-electron chi connectivity index (χ1n) is 5.76. The van der Waals surface area contributed by atoms with E-state index in [0.29, 0.717) is 6.54 Å². The molecule has 1 fully saturated rings. The molecule has 0 aliphatic heterocycles. The molecule has 16 heavy (non-hydrogen) atoms. The van der Waals surface area contributed by atoms with Crippen molar-refractivity contribution in [2.75, 3.05) is 13.7 Å². The van der Waals surface area contributed by atoms with Crippen LogP contribution in [0.25, 0.3) is 0 Å². The molecule has 0 atom stereocenters. The number of hydrogen-bond acceptors (Lipinski definition) is 2. The number of benzene rings is 1. The number of methoxy groups -OCH3 is 1. The van der Waals surface area contributed by atoms with Crippen molar-refractivity contribution in [1.82, 2.24) is 0 Å². The molecule has 2 N–H and O–H groups in total. The summed E-state index contributed by atoms with van der Waals surface area (Å²) in [5.74, 6) is 0.805. The van der Waals surface area contributed by atoms with Crippen LogP contribution >= 0.6 is 11.6 Å². The van der Waals surface area contributed by atoms with Gasteiger partial charge >= 0.3 is 0 Å². The molecule has 1 aromatic rings. The normalized spacial score (nSPS) is 18.7. The number of rotatable bonds is 3. The first kappa shape index (κ1) is 11.7. The first-order valence-corrected chi connectivity index (χ1v) is 6.14. The van der Waals surface area contributed by atoms with E-state index in [1.165, 1.54) is 18.4 Å². The van der Waals surface area contributed by atoms with Crippen molar-refractivity contribution in [2.24, 2.45) is 5.73 Å². The maximum atomic E-state index is 6.32. The molecule has 0 radical (unpaired) electrons. The summed E-state index contributed by atoms with van der Waals surface area (Å²) in [5.41, 5.74) is 7.24.